The Kier molecular flexibility index (Phi) is 3.57. The molecule has 0 fully saturated rings. The van der Waals surface area contributed by atoms with Gasteiger partial charge in [0.25, 0.3) is 5.91 Å². The van der Waals surface area contributed by atoms with Gasteiger partial charge >= 0.3 is 0 Å². The molecule has 6 heteroatoms. The molecule has 2 aromatic heterocycles. The number of carbonyl (C=O) groups is 1. The number of nitrogen functional groups attached to an aromatic ring is 1. The molecule has 2 heterocycles. The highest BCUT2D eigenvalue weighted by Gasteiger charge is 2.16. The van der Waals surface area contributed by atoms with E-state index in [1.165, 1.54) is 0 Å². The molecule has 0 aromatic carbocycles. The molecule has 2 aromatic rings. The molecule has 0 bridgehead atoms. The molecule has 94 valence electrons. The van der Waals surface area contributed by atoms with E-state index in [4.69, 9.17) is 5.73 Å². The van der Waals surface area contributed by atoms with E-state index >= 15 is 0 Å². The summed E-state index contributed by atoms with van der Waals surface area (Å²) < 4.78 is 0. The minimum Gasteiger partial charge on any atom is -0.397 e. The quantitative estimate of drug-likeness (QED) is 0.885. The summed E-state index contributed by atoms with van der Waals surface area (Å²) in [6.07, 6.45) is 3.33. The van der Waals surface area contributed by atoms with Crippen LogP contribution >= 0.6 is 11.3 Å². The molecule has 3 N–H and O–H groups in total. The van der Waals surface area contributed by atoms with Crippen LogP contribution in [0.3, 0.4) is 0 Å². The summed E-state index contributed by atoms with van der Waals surface area (Å²) in [7, 11) is 0. The second kappa shape index (κ2) is 5.14. The number of carbonyl (C=O) groups excluding carboxylic acids is 1. The van der Waals surface area contributed by atoms with Crippen LogP contribution < -0.4 is 11.1 Å². The number of amides is 1. The number of anilines is 1. The van der Waals surface area contributed by atoms with Crippen molar-refractivity contribution in [1.29, 1.82) is 0 Å². The molecule has 0 aliphatic carbocycles. The summed E-state index contributed by atoms with van der Waals surface area (Å²) in [5, 5.41) is 3.70. The number of hydrogen-bond acceptors (Lipinski definition) is 5. The molecule has 0 saturated heterocycles. The topological polar surface area (TPSA) is 80.9 Å². The predicted molar refractivity (Wildman–Crippen MR) is 71.4 cm³/mol. The number of thiazole rings is 1. The minimum atomic E-state index is -0.284. The van der Waals surface area contributed by atoms with Crippen LogP contribution in [0.4, 0.5) is 5.69 Å². The van der Waals surface area contributed by atoms with Crippen molar-refractivity contribution in [3.63, 3.8) is 0 Å². The van der Waals surface area contributed by atoms with Gasteiger partial charge < -0.3 is 11.1 Å². The molecule has 1 unspecified atom stereocenters. The van der Waals surface area contributed by atoms with Crippen molar-refractivity contribution in [3.05, 3.63) is 40.1 Å². The third-order valence-electron chi connectivity index (χ3n) is 2.41. The second-order valence-electron chi connectivity index (χ2n) is 3.95. The van der Waals surface area contributed by atoms with E-state index in [0.29, 0.717) is 5.69 Å². The van der Waals surface area contributed by atoms with Crippen molar-refractivity contribution in [2.24, 2.45) is 0 Å². The number of nitrogens with two attached hydrogens (primary N) is 1. The maximum Gasteiger partial charge on any atom is 0.272 e. The van der Waals surface area contributed by atoms with E-state index in [-0.39, 0.29) is 17.6 Å². The van der Waals surface area contributed by atoms with Gasteiger partial charge in [0, 0.05) is 17.3 Å². The van der Waals surface area contributed by atoms with Gasteiger partial charge in [-0.15, -0.1) is 11.3 Å². The molecule has 0 aliphatic heterocycles. The van der Waals surface area contributed by atoms with E-state index in [1.54, 1.807) is 35.9 Å². The molecule has 1 atom stereocenters. The third-order valence-corrected chi connectivity index (χ3v) is 3.51. The first kappa shape index (κ1) is 12.5. The Balaban J connectivity index is 2.10. The zero-order valence-corrected chi connectivity index (χ0v) is 11.0. The zero-order chi connectivity index (χ0) is 13.1. The van der Waals surface area contributed by atoms with Crippen LogP contribution in [0, 0.1) is 6.92 Å². The standard InChI is InChI=1S/C12H14N4OS/c1-7-6-15-12(18-7)8(2)16-11(17)10-9(13)4-3-5-14-10/h3-6,8H,13H2,1-2H3,(H,16,17). The first-order chi connectivity index (χ1) is 8.58. The van der Waals surface area contributed by atoms with Crippen LogP contribution in [0.1, 0.15) is 33.3 Å². The van der Waals surface area contributed by atoms with E-state index in [1.807, 2.05) is 13.8 Å². The first-order valence-electron chi connectivity index (χ1n) is 5.51. The maximum atomic E-state index is 12.0. The Morgan fingerprint density at radius 3 is 2.89 bits per heavy atom. The predicted octanol–water partition coefficient (Wildman–Crippen LogP) is 1.92. The molecule has 0 aliphatic rings. The highest BCUT2D eigenvalue weighted by Crippen LogP contribution is 2.19. The smallest absolute Gasteiger partial charge is 0.272 e. The fourth-order valence-electron chi connectivity index (χ4n) is 1.51. The van der Waals surface area contributed by atoms with Gasteiger partial charge in [0.1, 0.15) is 5.01 Å². The highest BCUT2D eigenvalue weighted by atomic mass is 32.1. The van der Waals surface area contributed by atoms with Gasteiger partial charge in [-0.3, -0.25) is 4.79 Å². The van der Waals surface area contributed by atoms with Gasteiger partial charge in [-0.25, -0.2) is 9.97 Å². The lowest BCUT2D eigenvalue weighted by Gasteiger charge is -2.11. The highest BCUT2D eigenvalue weighted by molar-refractivity contribution is 7.11. The fraction of sp³-hybridized carbons (Fsp3) is 0.250. The lowest BCUT2D eigenvalue weighted by atomic mass is 10.2. The average Bonchev–Trinajstić information content (AvgIpc) is 2.76. The van der Waals surface area contributed by atoms with Crippen LogP contribution in [-0.4, -0.2) is 15.9 Å². The summed E-state index contributed by atoms with van der Waals surface area (Å²) in [6.45, 7) is 3.86. The fourth-order valence-corrected chi connectivity index (χ4v) is 2.28. The molecule has 5 nitrogen and oxygen atoms in total. The summed E-state index contributed by atoms with van der Waals surface area (Å²) >= 11 is 1.56. The average molecular weight is 262 g/mol. The van der Waals surface area contributed by atoms with E-state index in [0.717, 1.165) is 9.88 Å². The van der Waals surface area contributed by atoms with Gasteiger partial charge in [0.05, 0.1) is 11.7 Å². The van der Waals surface area contributed by atoms with Crippen LogP contribution in [0.15, 0.2) is 24.5 Å². The number of nitrogens with one attached hydrogen (secondary N) is 1. The summed E-state index contributed by atoms with van der Waals surface area (Å²) in [5.41, 5.74) is 6.32. The van der Waals surface area contributed by atoms with E-state index in [9.17, 15) is 4.79 Å². The van der Waals surface area contributed by atoms with Crippen molar-refractivity contribution in [2.45, 2.75) is 19.9 Å². The van der Waals surface area contributed by atoms with Crippen LogP contribution in [0.2, 0.25) is 0 Å². The van der Waals surface area contributed by atoms with Crippen molar-refractivity contribution >= 4 is 22.9 Å². The molecule has 18 heavy (non-hydrogen) atoms. The van der Waals surface area contributed by atoms with Crippen molar-refractivity contribution in [1.82, 2.24) is 15.3 Å². The lowest BCUT2D eigenvalue weighted by molar-refractivity contribution is 0.0936. The van der Waals surface area contributed by atoms with Crippen LogP contribution in [0.5, 0.6) is 0 Å². The molecule has 0 spiro atoms. The number of aromatic nitrogens is 2. The van der Waals surface area contributed by atoms with Gasteiger partial charge in [-0.1, -0.05) is 0 Å². The summed E-state index contributed by atoms with van der Waals surface area (Å²) in [6, 6.07) is 3.19. The first-order valence-corrected chi connectivity index (χ1v) is 6.33. The Hall–Kier alpha value is -1.95. The number of hydrogen-bond donors (Lipinski definition) is 2. The lowest BCUT2D eigenvalue weighted by Crippen LogP contribution is -2.28. The van der Waals surface area contributed by atoms with E-state index in [2.05, 4.69) is 15.3 Å². The minimum absolute atomic E-state index is 0.155. The largest absolute Gasteiger partial charge is 0.397 e. The third kappa shape index (κ3) is 2.65. The van der Waals surface area contributed by atoms with Crippen molar-refractivity contribution in [3.8, 4) is 0 Å². The normalized spacial score (nSPS) is 12.1. The maximum absolute atomic E-state index is 12.0. The summed E-state index contributed by atoms with van der Waals surface area (Å²) in [5.74, 6) is -0.284. The van der Waals surface area contributed by atoms with E-state index < -0.39 is 0 Å². The zero-order valence-electron chi connectivity index (χ0n) is 10.2. The van der Waals surface area contributed by atoms with Gasteiger partial charge in [-0.2, -0.15) is 0 Å². The number of aryl methyl sites for hydroxylation is 1. The molecule has 0 radical (unpaired) electrons. The Bertz CT molecular complexity index is 567. The molecular weight excluding hydrogens is 248 g/mol. The van der Waals surface area contributed by atoms with Crippen molar-refractivity contribution in [2.75, 3.05) is 5.73 Å². The van der Waals surface area contributed by atoms with Crippen molar-refractivity contribution < 1.29 is 4.79 Å². The number of pyridine rings is 1. The van der Waals surface area contributed by atoms with Gasteiger partial charge in [0.2, 0.25) is 0 Å². The molecule has 0 saturated carbocycles. The second-order valence-corrected chi connectivity index (χ2v) is 5.21. The molecule has 2 rings (SSSR count). The van der Waals surface area contributed by atoms with Gasteiger partial charge in [0.15, 0.2) is 5.69 Å². The molecule has 1 amide bonds. The van der Waals surface area contributed by atoms with Gasteiger partial charge in [-0.05, 0) is 26.0 Å². The molecular formula is C12H14N4OS. The SMILES string of the molecule is Cc1cnc(C(C)NC(=O)c2ncccc2N)s1. The monoisotopic (exact) mass is 262 g/mol. The summed E-state index contributed by atoms with van der Waals surface area (Å²) in [4.78, 5) is 21.3. The number of nitrogens with zero attached hydrogens (tertiary/aromatic N) is 2. The Morgan fingerprint density at radius 1 is 1.50 bits per heavy atom. The Labute approximate surface area is 109 Å². The van der Waals surface area contributed by atoms with Crippen LogP contribution in [-0.2, 0) is 0 Å². The van der Waals surface area contributed by atoms with Crippen LogP contribution in [0.25, 0.3) is 0 Å². The Morgan fingerprint density at radius 2 is 2.28 bits per heavy atom. The number of rotatable bonds is 3.